The lowest BCUT2D eigenvalue weighted by Gasteiger charge is -2.24. The summed E-state index contributed by atoms with van der Waals surface area (Å²) in [5, 5.41) is 10.4. The van der Waals surface area contributed by atoms with Gasteiger partial charge in [-0.1, -0.05) is 19.3 Å². The van der Waals surface area contributed by atoms with Gasteiger partial charge in [0.1, 0.15) is 5.56 Å². The Morgan fingerprint density at radius 1 is 1.29 bits per heavy atom. The summed E-state index contributed by atoms with van der Waals surface area (Å²) < 4.78 is 1.31. The van der Waals surface area contributed by atoms with Crippen molar-refractivity contribution in [3.05, 3.63) is 44.3 Å². The molecule has 6 heteroatoms. The van der Waals surface area contributed by atoms with E-state index in [0.29, 0.717) is 5.70 Å². The molecule has 1 saturated carbocycles. The molecule has 0 bridgehead atoms. The number of rotatable bonds is 2. The average molecular weight is 287 g/mol. The van der Waals surface area contributed by atoms with Crippen LogP contribution >= 0.6 is 0 Å². The third-order valence-electron chi connectivity index (χ3n) is 3.96. The maximum absolute atomic E-state index is 12.0. The van der Waals surface area contributed by atoms with E-state index >= 15 is 0 Å². The number of allylic oxidation sites excluding steroid dienone is 2. The second-order valence-corrected chi connectivity index (χ2v) is 5.36. The van der Waals surface area contributed by atoms with Crippen molar-refractivity contribution >= 4 is 12.3 Å². The molecular weight excluding hydrogens is 270 g/mol. The fraction of sp³-hybridized carbons (Fsp3) is 0.400. The summed E-state index contributed by atoms with van der Waals surface area (Å²) in [6, 6.07) is -0.0529. The Hall–Kier alpha value is -2.37. The van der Waals surface area contributed by atoms with Gasteiger partial charge in [-0.3, -0.25) is 19.3 Å². The van der Waals surface area contributed by atoms with Crippen LogP contribution in [0.3, 0.4) is 0 Å². The van der Waals surface area contributed by atoms with E-state index in [4.69, 9.17) is 0 Å². The molecule has 1 aromatic rings. The van der Waals surface area contributed by atoms with Gasteiger partial charge in [-0.15, -0.1) is 0 Å². The molecule has 0 aromatic carbocycles. The van der Waals surface area contributed by atoms with Gasteiger partial charge in [0.25, 0.3) is 5.56 Å². The molecule has 2 heterocycles. The topological polar surface area (TPSA) is 87.5 Å². The largest absolute Gasteiger partial charge is 0.494 e. The van der Waals surface area contributed by atoms with Gasteiger partial charge >= 0.3 is 5.69 Å². The molecular formula is C15H17N3O3. The molecule has 1 aliphatic carbocycles. The maximum Gasteiger partial charge on any atom is 0.331 e. The fourth-order valence-corrected chi connectivity index (χ4v) is 2.91. The quantitative estimate of drug-likeness (QED) is 0.868. The van der Waals surface area contributed by atoms with E-state index in [9.17, 15) is 14.7 Å². The molecule has 0 atom stereocenters. The molecule has 6 nitrogen and oxygen atoms in total. The Balaban J connectivity index is 2.11. The van der Waals surface area contributed by atoms with E-state index in [1.54, 1.807) is 18.4 Å². The molecule has 2 N–H and O–H groups in total. The maximum atomic E-state index is 12.0. The first kappa shape index (κ1) is 13.6. The van der Waals surface area contributed by atoms with E-state index in [2.05, 4.69) is 9.98 Å². The van der Waals surface area contributed by atoms with Crippen molar-refractivity contribution in [3.63, 3.8) is 0 Å². The molecule has 21 heavy (non-hydrogen) atoms. The van der Waals surface area contributed by atoms with Crippen LogP contribution in [0.1, 0.15) is 43.7 Å². The van der Waals surface area contributed by atoms with Crippen LogP contribution in [0.5, 0.6) is 5.88 Å². The smallest absolute Gasteiger partial charge is 0.331 e. The molecule has 2 aliphatic rings. The number of nitrogens with zero attached hydrogens (tertiary/aromatic N) is 2. The van der Waals surface area contributed by atoms with Gasteiger partial charge in [0, 0.05) is 12.3 Å². The highest BCUT2D eigenvalue weighted by Crippen LogP contribution is 2.30. The van der Waals surface area contributed by atoms with Gasteiger partial charge in [0.2, 0.25) is 5.88 Å². The zero-order chi connectivity index (χ0) is 14.8. The van der Waals surface area contributed by atoms with Crippen molar-refractivity contribution in [2.45, 2.75) is 38.1 Å². The number of nitrogens with one attached hydrogen (secondary N) is 1. The molecule has 1 aliphatic heterocycles. The van der Waals surface area contributed by atoms with Crippen molar-refractivity contribution in [2.24, 2.45) is 4.99 Å². The highest BCUT2D eigenvalue weighted by atomic mass is 16.3. The van der Waals surface area contributed by atoms with Crippen LogP contribution in [0.15, 0.2) is 32.4 Å². The van der Waals surface area contributed by atoms with E-state index in [0.717, 1.165) is 32.1 Å². The number of aromatic hydroxyl groups is 1. The third-order valence-corrected chi connectivity index (χ3v) is 3.96. The lowest BCUT2D eigenvalue weighted by molar-refractivity contribution is 0.298. The van der Waals surface area contributed by atoms with Gasteiger partial charge in [0.15, 0.2) is 0 Å². The Labute approximate surface area is 121 Å². The summed E-state index contributed by atoms with van der Waals surface area (Å²) in [4.78, 5) is 30.3. The zero-order valence-corrected chi connectivity index (χ0v) is 11.6. The second kappa shape index (κ2) is 5.55. The zero-order valence-electron chi connectivity index (χ0n) is 11.6. The van der Waals surface area contributed by atoms with E-state index in [-0.39, 0.29) is 17.5 Å². The van der Waals surface area contributed by atoms with Crippen LogP contribution in [0.4, 0.5) is 0 Å². The van der Waals surface area contributed by atoms with E-state index in [1.807, 2.05) is 0 Å². The fourth-order valence-electron chi connectivity index (χ4n) is 2.91. The molecule has 3 rings (SSSR count). The first-order valence-corrected chi connectivity index (χ1v) is 7.17. The number of aromatic amines is 1. The number of aliphatic imine (C=N–C) groups is 1. The molecule has 110 valence electrons. The van der Waals surface area contributed by atoms with Gasteiger partial charge in [0.05, 0.1) is 5.70 Å². The minimum absolute atomic E-state index is 0.0529. The first-order valence-electron chi connectivity index (χ1n) is 7.17. The summed E-state index contributed by atoms with van der Waals surface area (Å²) in [5.74, 6) is -0.265. The Bertz CT molecular complexity index is 732. The first-order chi connectivity index (χ1) is 10.2. The summed E-state index contributed by atoms with van der Waals surface area (Å²) in [6.07, 6.45) is 11.5. The highest BCUT2D eigenvalue weighted by molar-refractivity contribution is 5.79. The molecule has 0 amide bonds. The van der Waals surface area contributed by atoms with Crippen LogP contribution in [-0.2, 0) is 0 Å². The van der Waals surface area contributed by atoms with Crippen molar-refractivity contribution in [3.8, 4) is 5.88 Å². The molecule has 1 aromatic heterocycles. The standard InChI is InChI=1S/C15H17N3O3/c19-13-12(9-10-5-4-8-16-10)14(20)18(15(21)17-13)11-6-2-1-3-7-11/h4-5,8-9,11,20H,1-3,6-7H2,(H,17,19,21). The summed E-state index contributed by atoms with van der Waals surface area (Å²) in [7, 11) is 0. The van der Waals surface area contributed by atoms with E-state index < -0.39 is 11.2 Å². The lowest BCUT2D eigenvalue weighted by Crippen LogP contribution is -2.34. The minimum Gasteiger partial charge on any atom is -0.494 e. The number of hydrogen-bond donors (Lipinski definition) is 2. The molecule has 1 fully saturated rings. The normalized spacial score (nSPS) is 20.5. The highest BCUT2D eigenvalue weighted by Gasteiger charge is 2.22. The molecule has 0 radical (unpaired) electrons. The van der Waals surface area contributed by atoms with Crippen molar-refractivity contribution in [2.75, 3.05) is 0 Å². The van der Waals surface area contributed by atoms with Crippen LogP contribution in [0.2, 0.25) is 0 Å². The van der Waals surface area contributed by atoms with Crippen molar-refractivity contribution in [1.82, 2.24) is 9.55 Å². The predicted molar refractivity (Wildman–Crippen MR) is 80.7 cm³/mol. The summed E-state index contributed by atoms with van der Waals surface area (Å²) >= 11 is 0. The number of H-pyrrole nitrogens is 1. The Kier molecular flexibility index (Phi) is 3.60. The van der Waals surface area contributed by atoms with Crippen LogP contribution in [-0.4, -0.2) is 20.9 Å². The van der Waals surface area contributed by atoms with Gasteiger partial charge in [-0.2, -0.15) is 0 Å². The van der Waals surface area contributed by atoms with Crippen molar-refractivity contribution < 1.29 is 5.11 Å². The number of aromatic nitrogens is 2. The predicted octanol–water partition coefficient (Wildman–Crippen LogP) is 1.73. The van der Waals surface area contributed by atoms with Crippen LogP contribution in [0.25, 0.3) is 6.08 Å². The Morgan fingerprint density at radius 2 is 2.05 bits per heavy atom. The van der Waals surface area contributed by atoms with E-state index in [1.165, 1.54) is 10.6 Å². The van der Waals surface area contributed by atoms with Gasteiger partial charge < -0.3 is 5.11 Å². The second-order valence-electron chi connectivity index (χ2n) is 5.36. The minimum atomic E-state index is -0.590. The molecule has 0 saturated heterocycles. The monoisotopic (exact) mass is 287 g/mol. The summed E-state index contributed by atoms with van der Waals surface area (Å²) in [6.45, 7) is 0. The van der Waals surface area contributed by atoms with Crippen LogP contribution in [0, 0.1) is 0 Å². The molecule has 0 unspecified atom stereocenters. The van der Waals surface area contributed by atoms with Gasteiger partial charge in [-0.25, -0.2) is 4.79 Å². The molecule has 0 spiro atoms. The van der Waals surface area contributed by atoms with Crippen LogP contribution < -0.4 is 11.2 Å². The van der Waals surface area contributed by atoms with Crippen molar-refractivity contribution in [1.29, 1.82) is 0 Å². The Morgan fingerprint density at radius 3 is 2.71 bits per heavy atom. The number of hydrogen-bond acceptors (Lipinski definition) is 4. The summed E-state index contributed by atoms with van der Waals surface area (Å²) in [5.41, 5.74) is -0.479. The SMILES string of the molecule is O=c1[nH]c(=O)n(C2CCCCC2)c(O)c1C=C1C=CC=N1. The third kappa shape index (κ3) is 2.61. The average Bonchev–Trinajstić information content (AvgIpc) is 2.97. The lowest BCUT2D eigenvalue weighted by atomic mass is 9.95. The van der Waals surface area contributed by atoms with Gasteiger partial charge in [-0.05, 0) is 31.1 Å².